The van der Waals surface area contributed by atoms with Crippen molar-refractivity contribution in [2.45, 2.75) is 19.9 Å². The van der Waals surface area contributed by atoms with Gasteiger partial charge in [0.2, 0.25) is 0 Å². The van der Waals surface area contributed by atoms with Gasteiger partial charge in [0, 0.05) is 11.3 Å². The van der Waals surface area contributed by atoms with E-state index in [4.69, 9.17) is 4.74 Å². The van der Waals surface area contributed by atoms with E-state index in [1.807, 2.05) is 50.2 Å². The number of benzene rings is 3. The van der Waals surface area contributed by atoms with Crippen LogP contribution in [-0.2, 0) is 9.59 Å². The molecule has 4 rings (SSSR count). The first-order valence-electron chi connectivity index (χ1n) is 10.00. The summed E-state index contributed by atoms with van der Waals surface area (Å²) in [4.78, 5) is 27.8. The summed E-state index contributed by atoms with van der Waals surface area (Å²) in [5.74, 6) is -0.894. The second-order valence-electron chi connectivity index (χ2n) is 7.60. The zero-order valence-corrected chi connectivity index (χ0v) is 17.6. The molecule has 3 aromatic rings. The monoisotopic (exact) mass is 413 g/mol. The molecule has 1 N–H and O–H groups in total. The van der Waals surface area contributed by atoms with Gasteiger partial charge in [0.1, 0.15) is 11.5 Å². The number of ketones is 1. The highest BCUT2D eigenvalue weighted by molar-refractivity contribution is 6.51. The first-order valence-corrected chi connectivity index (χ1v) is 10.00. The molecule has 5 nitrogen and oxygen atoms in total. The molecule has 0 spiro atoms. The average molecular weight is 413 g/mol. The number of hydrogen-bond donors (Lipinski definition) is 1. The highest BCUT2D eigenvalue weighted by atomic mass is 16.5. The van der Waals surface area contributed by atoms with Crippen LogP contribution in [0, 0.1) is 13.8 Å². The first-order chi connectivity index (χ1) is 14.9. The molecule has 0 saturated carbocycles. The topological polar surface area (TPSA) is 66.8 Å². The summed E-state index contributed by atoms with van der Waals surface area (Å²) in [5.41, 5.74) is 3.84. The number of carbonyl (C=O) groups is 2. The summed E-state index contributed by atoms with van der Waals surface area (Å²) in [6, 6.07) is 20.9. The Bertz CT molecular complexity index is 1180. The molecule has 5 heteroatoms. The number of methoxy groups -OCH3 is 1. The largest absolute Gasteiger partial charge is 0.507 e. The Morgan fingerprint density at radius 2 is 1.61 bits per heavy atom. The molecule has 1 saturated heterocycles. The van der Waals surface area contributed by atoms with E-state index in [9.17, 15) is 14.7 Å². The maximum atomic E-state index is 13.2. The van der Waals surface area contributed by atoms with Gasteiger partial charge in [-0.25, -0.2) is 0 Å². The lowest BCUT2D eigenvalue weighted by Crippen LogP contribution is -2.30. The van der Waals surface area contributed by atoms with Crippen molar-refractivity contribution >= 4 is 23.1 Å². The summed E-state index contributed by atoms with van der Waals surface area (Å²) < 4.78 is 5.25. The molecular formula is C26H23NO4. The summed E-state index contributed by atoms with van der Waals surface area (Å²) >= 11 is 0. The second-order valence-corrected chi connectivity index (χ2v) is 7.60. The van der Waals surface area contributed by atoms with Gasteiger partial charge in [-0.3, -0.25) is 14.5 Å². The number of nitrogens with zero attached hydrogens (tertiary/aromatic N) is 1. The normalized spacial score (nSPS) is 17.8. The molecule has 0 bridgehead atoms. The van der Waals surface area contributed by atoms with Crippen LogP contribution >= 0.6 is 0 Å². The van der Waals surface area contributed by atoms with Gasteiger partial charge in [0.05, 0.1) is 18.7 Å². The molecule has 1 aliphatic rings. The highest BCUT2D eigenvalue weighted by Gasteiger charge is 2.47. The van der Waals surface area contributed by atoms with Gasteiger partial charge in [-0.05, 0) is 43.2 Å². The standard InChI is InChI=1S/C26H23NO4/c1-16-9-14-21(17(2)15-16)27-23(18-10-12-20(31-3)13-11-18)22(25(29)26(27)30)24(28)19-7-5-4-6-8-19/h4-15,23,28H,1-3H3/b24-22+. The lowest BCUT2D eigenvalue weighted by Gasteiger charge is -2.27. The average Bonchev–Trinajstić information content (AvgIpc) is 3.04. The summed E-state index contributed by atoms with van der Waals surface area (Å²) in [6.45, 7) is 3.88. The number of amides is 1. The Hall–Kier alpha value is -3.86. The van der Waals surface area contributed by atoms with Crippen molar-refractivity contribution in [1.29, 1.82) is 0 Å². The van der Waals surface area contributed by atoms with Crippen LogP contribution < -0.4 is 9.64 Å². The number of aliphatic hydroxyl groups excluding tert-OH is 1. The third-order valence-corrected chi connectivity index (χ3v) is 5.54. The minimum absolute atomic E-state index is 0.0707. The van der Waals surface area contributed by atoms with E-state index in [0.29, 0.717) is 22.6 Å². The van der Waals surface area contributed by atoms with E-state index in [1.54, 1.807) is 43.5 Å². The zero-order valence-electron chi connectivity index (χ0n) is 17.6. The van der Waals surface area contributed by atoms with Crippen molar-refractivity contribution in [2.75, 3.05) is 12.0 Å². The predicted molar refractivity (Wildman–Crippen MR) is 120 cm³/mol. The number of aryl methyl sites for hydroxylation is 2. The van der Waals surface area contributed by atoms with Crippen molar-refractivity contribution in [1.82, 2.24) is 0 Å². The maximum Gasteiger partial charge on any atom is 0.300 e. The van der Waals surface area contributed by atoms with Crippen LogP contribution in [0.25, 0.3) is 5.76 Å². The Morgan fingerprint density at radius 3 is 2.23 bits per heavy atom. The molecule has 156 valence electrons. The van der Waals surface area contributed by atoms with Crippen LogP contribution in [0.15, 0.2) is 78.4 Å². The lowest BCUT2D eigenvalue weighted by atomic mass is 9.94. The Balaban J connectivity index is 1.95. The van der Waals surface area contributed by atoms with Crippen molar-refractivity contribution in [3.8, 4) is 5.75 Å². The minimum Gasteiger partial charge on any atom is -0.507 e. The van der Waals surface area contributed by atoms with Crippen molar-refractivity contribution in [2.24, 2.45) is 0 Å². The van der Waals surface area contributed by atoms with Gasteiger partial charge in [-0.2, -0.15) is 0 Å². The van der Waals surface area contributed by atoms with Gasteiger partial charge in [0.15, 0.2) is 0 Å². The van der Waals surface area contributed by atoms with E-state index in [2.05, 4.69) is 0 Å². The van der Waals surface area contributed by atoms with E-state index in [1.165, 1.54) is 4.90 Å². The fraction of sp³-hybridized carbons (Fsp3) is 0.154. The Kier molecular flexibility index (Phi) is 5.34. The molecular weight excluding hydrogens is 390 g/mol. The van der Waals surface area contributed by atoms with Gasteiger partial charge in [-0.1, -0.05) is 60.2 Å². The van der Waals surface area contributed by atoms with E-state index in [0.717, 1.165) is 11.1 Å². The zero-order chi connectivity index (χ0) is 22.1. The summed E-state index contributed by atoms with van der Waals surface area (Å²) in [7, 11) is 1.58. The van der Waals surface area contributed by atoms with Gasteiger partial charge < -0.3 is 9.84 Å². The molecule has 0 aromatic heterocycles. The van der Waals surface area contributed by atoms with Crippen LogP contribution in [0.2, 0.25) is 0 Å². The quantitative estimate of drug-likeness (QED) is 0.374. The minimum atomic E-state index is -0.757. The van der Waals surface area contributed by atoms with Gasteiger partial charge >= 0.3 is 0 Å². The molecule has 1 heterocycles. The fourth-order valence-electron chi connectivity index (χ4n) is 4.01. The molecule has 1 fully saturated rings. The van der Waals surface area contributed by atoms with Crippen LogP contribution in [0.1, 0.15) is 28.3 Å². The highest BCUT2D eigenvalue weighted by Crippen LogP contribution is 2.43. The predicted octanol–water partition coefficient (Wildman–Crippen LogP) is 4.94. The first kappa shape index (κ1) is 20.4. The third kappa shape index (κ3) is 3.59. The summed E-state index contributed by atoms with van der Waals surface area (Å²) in [6.07, 6.45) is 0. The molecule has 1 unspecified atom stereocenters. The van der Waals surface area contributed by atoms with Crippen LogP contribution in [0.3, 0.4) is 0 Å². The number of rotatable bonds is 4. The number of carbonyl (C=O) groups excluding carboxylic acids is 2. The van der Waals surface area contributed by atoms with Gasteiger partial charge in [0.25, 0.3) is 11.7 Å². The van der Waals surface area contributed by atoms with Gasteiger partial charge in [-0.15, -0.1) is 0 Å². The SMILES string of the molecule is COc1ccc(C2/C(=C(\O)c3ccccc3)C(=O)C(=O)N2c2ccc(C)cc2C)cc1. The molecule has 1 amide bonds. The maximum absolute atomic E-state index is 13.2. The third-order valence-electron chi connectivity index (χ3n) is 5.54. The van der Waals surface area contributed by atoms with Crippen molar-refractivity contribution in [3.05, 3.63) is 101 Å². The molecule has 0 aliphatic carbocycles. The van der Waals surface area contributed by atoms with Crippen molar-refractivity contribution < 1.29 is 19.4 Å². The second kappa shape index (κ2) is 8.11. The molecule has 31 heavy (non-hydrogen) atoms. The van der Waals surface area contributed by atoms with Crippen molar-refractivity contribution in [3.63, 3.8) is 0 Å². The van der Waals surface area contributed by atoms with Crippen LogP contribution in [-0.4, -0.2) is 23.9 Å². The number of anilines is 1. The Morgan fingerprint density at radius 1 is 0.935 bits per heavy atom. The molecule has 3 aromatic carbocycles. The van der Waals surface area contributed by atoms with Crippen LogP contribution in [0.5, 0.6) is 5.75 Å². The lowest BCUT2D eigenvalue weighted by molar-refractivity contribution is -0.132. The number of Topliss-reactive ketones (excluding diaryl/α,β-unsaturated/α-hetero) is 1. The smallest absolute Gasteiger partial charge is 0.300 e. The van der Waals surface area contributed by atoms with E-state index in [-0.39, 0.29) is 11.3 Å². The molecule has 1 atom stereocenters. The summed E-state index contributed by atoms with van der Waals surface area (Å²) in [5, 5.41) is 11.1. The van der Waals surface area contributed by atoms with E-state index >= 15 is 0 Å². The fourth-order valence-corrected chi connectivity index (χ4v) is 4.01. The Labute approximate surface area is 181 Å². The molecule has 0 radical (unpaired) electrons. The number of aliphatic hydroxyl groups is 1. The molecule has 1 aliphatic heterocycles. The number of ether oxygens (including phenoxy) is 1. The van der Waals surface area contributed by atoms with Crippen LogP contribution in [0.4, 0.5) is 5.69 Å². The van der Waals surface area contributed by atoms with E-state index < -0.39 is 17.7 Å². The number of hydrogen-bond acceptors (Lipinski definition) is 4.